The van der Waals surface area contributed by atoms with Gasteiger partial charge in [0.1, 0.15) is 71.1 Å². The summed E-state index contributed by atoms with van der Waals surface area (Å²) in [6.45, 7) is 23.9. The summed E-state index contributed by atoms with van der Waals surface area (Å²) in [5, 5.41) is 9.13. The van der Waals surface area contributed by atoms with Gasteiger partial charge in [0.2, 0.25) is 0 Å². The highest BCUT2D eigenvalue weighted by Crippen LogP contribution is 2.41. The third-order valence-electron chi connectivity index (χ3n) is 15.8. The molecule has 2 fully saturated rings. The lowest BCUT2D eigenvalue weighted by molar-refractivity contribution is -0.141. The van der Waals surface area contributed by atoms with Crippen LogP contribution >= 0.6 is 0 Å². The van der Waals surface area contributed by atoms with Gasteiger partial charge in [0.05, 0.1) is 33.2 Å². The van der Waals surface area contributed by atoms with Crippen LogP contribution in [0, 0.1) is 27.7 Å². The molecule has 87 heavy (non-hydrogen) atoms. The molecule has 4 aliphatic heterocycles. The number of aliphatic carboxylic acids is 1. The molecule has 2 amide bonds. The number of methoxy groups -OCH3 is 1. The number of carbonyl (C=O) groups is 4. The summed E-state index contributed by atoms with van der Waals surface area (Å²) in [6.07, 6.45) is 3.02. The number of piperidine rings is 2. The highest BCUT2D eigenvalue weighted by atomic mass is 16.6. The van der Waals surface area contributed by atoms with Crippen molar-refractivity contribution in [1.82, 2.24) is 9.80 Å². The van der Waals surface area contributed by atoms with E-state index in [1.54, 1.807) is 9.80 Å². The van der Waals surface area contributed by atoms with E-state index in [4.69, 9.17) is 47.7 Å². The molecule has 6 aromatic carbocycles. The van der Waals surface area contributed by atoms with E-state index in [0.717, 1.165) is 104 Å². The van der Waals surface area contributed by atoms with Crippen LogP contribution in [-0.4, -0.2) is 109 Å². The molecule has 16 nitrogen and oxygen atoms in total. The number of fused-ring (bicyclic) bond motifs is 2. The number of likely N-dealkylation sites (tertiary alicyclic amines) is 2. The molecule has 0 unspecified atom stereocenters. The van der Waals surface area contributed by atoms with E-state index in [9.17, 15) is 19.2 Å². The number of nitrogens with zero attached hydrogens (tertiary/aromatic N) is 2. The largest absolute Gasteiger partial charge is 0.492 e. The number of carboxylic acid groups (broad SMARTS) is 1. The first-order valence-corrected chi connectivity index (χ1v) is 30.2. The fourth-order valence-corrected chi connectivity index (χ4v) is 11.7. The van der Waals surface area contributed by atoms with Crippen molar-refractivity contribution in [3.05, 3.63) is 154 Å². The Balaban J connectivity index is 0.000000208. The second-order valence-corrected chi connectivity index (χ2v) is 25.2. The van der Waals surface area contributed by atoms with E-state index < -0.39 is 17.2 Å². The molecule has 0 bridgehead atoms. The fraction of sp³-hybridized carbons (Fsp3) is 0.437. The smallest absolute Gasteiger partial charge is 0.410 e. The molecular weight excluding hydrogens is 1100 g/mol. The lowest BCUT2D eigenvalue weighted by Crippen LogP contribution is -2.44. The molecule has 462 valence electrons. The van der Waals surface area contributed by atoms with Crippen molar-refractivity contribution in [2.24, 2.45) is 0 Å². The Morgan fingerprint density at radius 3 is 1.28 bits per heavy atom. The molecule has 16 heteroatoms. The number of rotatable bonds is 16. The molecule has 2 atom stereocenters. The number of aryl methyl sites for hydroxylation is 4. The van der Waals surface area contributed by atoms with Crippen LogP contribution in [0.15, 0.2) is 109 Å². The van der Waals surface area contributed by atoms with Crippen molar-refractivity contribution in [3.63, 3.8) is 0 Å². The summed E-state index contributed by atoms with van der Waals surface area (Å²) in [7, 11) is 1.40. The third kappa shape index (κ3) is 17.0. The van der Waals surface area contributed by atoms with Gasteiger partial charge in [0.15, 0.2) is 0 Å². The van der Waals surface area contributed by atoms with Crippen molar-refractivity contribution < 1.29 is 66.9 Å². The predicted octanol–water partition coefficient (Wildman–Crippen LogP) is 14.6. The highest BCUT2D eigenvalue weighted by Gasteiger charge is 2.32. The maximum Gasteiger partial charge on any atom is 0.410 e. The molecule has 0 aliphatic carbocycles. The Kier molecular flexibility index (Phi) is 20.0. The van der Waals surface area contributed by atoms with E-state index in [2.05, 4.69) is 88.4 Å². The van der Waals surface area contributed by atoms with Gasteiger partial charge in [-0.2, -0.15) is 0 Å². The molecule has 0 saturated carbocycles. The van der Waals surface area contributed by atoms with Gasteiger partial charge >= 0.3 is 24.1 Å². The van der Waals surface area contributed by atoms with Gasteiger partial charge in [-0.25, -0.2) is 9.59 Å². The normalized spacial score (nSPS) is 16.7. The average Bonchev–Trinajstić information content (AvgIpc) is 2.50. The number of ether oxygens (including phenoxy) is 9. The van der Waals surface area contributed by atoms with Crippen molar-refractivity contribution in [2.75, 3.05) is 46.5 Å². The monoisotopic (exact) mass is 1190 g/mol. The van der Waals surface area contributed by atoms with E-state index in [-0.39, 0.29) is 48.6 Å². The van der Waals surface area contributed by atoms with Gasteiger partial charge in [-0.3, -0.25) is 9.59 Å². The van der Waals surface area contributed by atoms with Crippen LogP contribution in [0.1, 0.15) is 136 Å². The Morgan fingerprint density at radius 2 is 0.908 bits per heavy atom. The van der Waals surface area contributed by atoms with E-state index in [0.29, 0.717) is 70.5 Å². The molecule has 10 rings (SSSR count). The first-order chi connectivity index (χ1) is 41.4. The van der Waals surface area contributed by atoms with Crippen molar-refractivity contribution in [1.29, 1.82) is 0 Å². The summed E-state index contributed by atoms with van der Waals surface area (Å²) in [5.41, 5.74) is 12.2. The minimum Gasteiger partial charge on any atom is -0.492 e. The SMILES string of the molecule is COC(=O)C[C@@H]1COc2cc(OCc3cccc(-c4c(C)cc(OC5CCN(C(=O)OC(C)(C)C)CC5)cc4C)c3)ccc21.Cc1cc(OC2CCN(C(=O)OC(C)(C)C)CC2)cc(C)c1-c1cccc(COc2ccc3c(c2)OC[C@H]3CC(=O)O)c1. The van der Waals surface area contributed by atoms with Crippen molar-refractivity contribution in [3.8, 4) is 56.8 Å². The molecule has 0 radical (unpaired) electrons. The molecule has 4 heterocycles. The number of hydrogen-bond acceptors (Lipinski definition) is 13. The molecular formula is C71H84N2O14. The van der Waals surface area contributed by atoms with Crippen LogP contribution in [0.4, 0.5) is 9.59 Å². The molecule has 0 aromatic heterocycles. The maximum absolute atomic E-state index is 12.4. The first kappa shape index (κ1) is 63.1. The zero-order valence-corrected chi connectivity index (χ0v) is 52.3. The van der Waals surface area contributed by atoms with Gasteiger partial charge in [-0.1, -0.05) is 48.5 Å². The summed E-state index contributed by atoms with van der Waals surface area (Å²) in [6, 6.07) is 36.5. The third-order valence-corrected chi connectivity index (χ3v) is 15.8. The van der Waals surface area contributed by atoms with Crippen molar-refractivity contribution in [2.45, 2.75) is 156 Å². The second-order valence-electron chi connectivity index (χ2n) is 25.2. The lowest BCUT2D eigenvalue weighted by atomic mass is 9.94. The van der Waals surface area contributed by atoms with Gasteiger partial charge in [-0.15, -0.1) is 0 Å². The van der Waals surface area contributed by atoms with E-state index in [1.165, 1.54) is 18.2 Å². The van der Waals surface area contributed by atoms with Crippen LogP contribution < -0.4 is 28.4 Å². The lowest BCUT2D eigenvalue weighted by Gasteiger charge is -2.33. The number of benzene rings is 6. The van der Waals surface area contributed by atoms with Crippen LogP contribution in [0.3, 0.4) is 0 Å². The van der Waals surface area contributed by atoms with E-state index in [1.807, 2.05) is 90.1 Å². The Hall–Kier alpha value is -8.40. The summed E-state index contributed by atoms with van der Waals surface area (Å²) >= 11 is 0. The molecule has 4 aliphatic rings. The number of hydrogen-bond donors (Lipinski definition) is 1. The minimum absolute atomic E-state index is 0.00337. The van der Waals surface area contributed by atoms with Gasteiger partial charge in [0, 0.05) is 87.0 Å². The zero-order valence-electron chi connectivity index (χ0n) is 52.3. The summed E-state index contributed by atoms with van der Waals surface area (Å²) < 4.78 is 52.3. The number of carbonyl (C=O) groups excluding carboxylic acids is 3. The van der Waals surface area contributed by atoms with Crippen LogP contribution in [-0.2, 0) is 37.0 Å². The van der Waals surface area contributed by atoms with Crippen molar-refractivity contribution >= 4 is 24.1 Å². The Labute approximate surface area is 511 Å². The second kappa shape index (κ2) is 27.5. The zero-order chi connectivity index (χ0) is 62.2. The standard InChI is InChI=1S/C36H43NO7.C35H41NO7/c1-23-16-30(43-28-12-14-37(15-13-28)35(39)44-36(3,4)5)17-24(2)34(23)26-9-7-8-25(18-26)21-41-29-10-11-31-27(19-33(38)40-6)22-42-32(31)20-29;1-22-15-29(42-27-11-13-36(14-12-27)34(39)43-35(3,4)5)16-23(2)33(22)25-8-6-7-24(17-25)20-40-28-9-10-30-26(18-32(37)38)21-41-31(30)19-28/h7-11,16-18,20,27-28H,12-15,19,21-22H2,1-6H3;6-10,15-17,19,26-27H,11-14,18,20-21H2,1-5H3,(H,37,38)/t27-;26-/m11/s1. The van der Waals surface area contributed by atoms with Gasteiger partial charge in [-0.05, 0) is 173 Å². The van der Waals surface area contributed by atoms with Crippen LogP contribution in [0.5, 0.6) is 34.5 Å². The Bertz CT molecular complexity index is 3390. The first-order valence-electron chi connectivity index (χ1n) is 30.2. The maximum atomic E-state index is 12.4. The minimum atomic E-state index is -0.827. The predicted molar refractivity (Wildman–Crippen MR) is 333 cm³/mol. The van der Waals surface area contributed by atoms with Crippen LogP contribution in [0.2, 0.25) is 0 Å². The number of amides is 2. The average molecular weight is 1190 g/mol. The topological polar surface area (TPSA) is 178 Å². The van der Waals surface area contributed by atoms with E-state index >= 15 is 0 Å². The Morgan fingerprint density at radius 1 is 0.517 bits per heavy atom. The number of carboxylic acids is 1. The summed E-state index contributed by atoms with van der Waals surface area (Å²) in [5.74, 6) is 3.37. The van der Waals surface area contributed by atoms with Gasteiger partial charge in [0.25, 0.3) is 0 Å². The molecule has 2 saturated heterocycles. The van der Waals surface area contributed by atoms with Crippen LogP contribution in [0.25, 0.3) is 22.3 Å². The quantitative estimate of drug-likeness (QED) is 0.0715. The number of esters is 1. The molecule has 0 spiro atoms. The molecule has 1 N–H and O–H groups in total. The molecule has 6 aromatic rings. The highest BCUT2D eigenvalue weighted by molar-refractivity contribution is 5.75. The summed E-state index contributed by atoms with van der Waals surface area (Å²) in [4.78, 5) is 51.2. The fourth-order valence-electron chi connectivity index (χ4n) is 11.7. The van der Waals surface area contributed by atoms with Gasteiger partial charge < -0.3 is 57.5 Å².